The molecule has 0 heterocycles. The third-order valence-corrected chi connectivity index (χ3v) is 13.8. The molecule has 5 heteroatoms. The summed E-state index contributed by atoms with van der Waals surface area (Å²) in [4.78, 5) is 24.5. The molecule has 0 spiro atoms. The van der Waals surface area contributed by atoms with Crippen LogP contribution in [0.15, 0.2) is 60.8 Å². The molecule has 0 aromatic carbocycles. The standard InChI is InChI=1S/C65H118O5/c1-3-5-7-9-11-13-15-17-19-21-23-25-26-27-28-29-30-31-32-33-34-35-36-37-38-40-41-43-45-47-49-51-53-55-57-59-64(67)69-62-63(61-66)70-65(68)60-58-56-54-52-50-48-46-44-42-39-24-22-20-18-16-14-12-10-8-6-4-2/h15-18,21-24,42,44,63,66H,3-14,19-20,25-41,43,45-62H2,1-2H3/b17-15-,18-16-,23-21-,24-22-,44-42-. The van der Waals surface area contributed by atoms with Gasteiger partial charge in [0.1, 0.15) is 6.61 Å². The van der Waals surface area contributed by atoms with Crippen LogP contribution >= 0.6 is 0 Å². The fraction of sp³-hybridized carbons (Fsp3) is 0.815. The molecule has 1 unspecified atom stereocenters. The number of carbonyl (C=O) groups excluding carboxylic acids is 2. The van der Waals surface area contributed by atoms with Crippen LogP contribution in [0.4, 0.5) is 0 Å². The molecule has 0 fully saturated rings. The third-order valence-electron chi connectivity index (χ3n) is 13.8. The smallest absolute Gasteiger partial charge is 0.306 e. The summed E-state index contributed by atoms with van der Waals surface area (Å²) in [6.07, 6.45) is 82.2. The Morgan fingerprint density at radius 3 is 0.857 bits per heavy atom. The van der Waals surface area contributed by atoms with Gasteiger partial charge in [-0.25, -0.2) is 0 Å². The second-order valence-electron chi connectivity index (χ2n) is 20.8. The lowest BCUT2D eigenvalue weighted by atomic mass is 10.0. The minimum absolute atomic E-state index is 0.0694. The van der Waals surface area contributed by atoms with Gasteiger partial charge in [0.25, 0.3) is 0 Å². The van der Waals surface area contributed by atoms with Crippen molar-refractivity contribution in [3.8, 4) is 0 Å². The SMILES string of the molecule is CCCCCCC/C=C\C/C=C\C/C=C\CCCCCCCCC(=O)OC(CO)COC(=O)CCCCCCCCCCCCCCCCCCCCCCCCC/C=C\C/C=C\CCCCCCC. The van der Waals surface area contributed by atoms with Crippen LogP contribution in [0.2, 0.25) is 0 Å². The lowest BCUT2D eigenvalue weighted by molar-refractivity contribution is -0.161. The number of esters is 2. The Kier molecular flexibility index (Phi) is 58.8. The van der Waals surface area contributed by atoms with Gasteiger partial charge >= 0.3 is 11.9 Å². The Labute approximate surface area is 436 Å². The highest BCUT2D eigenvalue weighted by Crippen LogP contribution is 2.17. The summed E-state index contributed by atoms with van der Waals surface area (Å²) < 4.78 is 10.7. The molecule has 0 aliphatic carbocycles. The monoisotopic (exact) mass is 979 g/mol. The highest BCUT2D eigenvalue weighted by Gasteiger charge is 2.16. The van der Waals surface area contributed by atoms with Crippen molar-refractivity contribution >= 4 is 11.9 Å². The van der Waals surface area contributed by atoms with Crippen LogP contribution in [0.1, 0.15) is 322 Å². The van der Waals surface area contributed by atoms with Crippen LogP contribution in [-0.4, -0.2) is 36.4 Å². The summed E-state index contributed by atoms with van der Waals surface area (Å²) in [5.74, 6) is -0.592. The van der Waals surface area contributed by atoms with Gasteiger partial charge in [-0.1, -0.05) is 286 Å². The van der Waals surface area contributed by atoms with Crippen LogP contribution in [0.3, 0.4) is 0 Å². The summed E-state index contributed by atoms with van der Waals surface area (Å²) in [7, 11) is 0. The molecular weight excluding hydrogens is 861 g/mol. The molecule has 5 nitrogen and oxygen atoms in total. The number of ether oxygens (including phenoxy) is 2. The first-order valence-corrected chi connectivity index (χ1v) is 30.8. The van der Waals surface area contributed by atoms with Crippen LogP contribution < -0.4 is 0 Å². The Hall–Kier alpha value is -2.40. The molecule has 0 bridgehead atoms. The van der Waals surface area contributed by atoms with Gasteiger partial charge in [-0.3, -0.25) is 9.59 Å². The van der Waals surface area contributed by atoms with E-state index < -0.39 is 6.10 Å². The Bertz CT molecular complexity index is 1200. The number of hydrogen-bond donors (Lipinski definition) is 1. The van der Waals surface area contributed by atoms with Crippen LogP contribution in [-0.2, 0) is 19.1 Å². The average Bonchev–Trinajstić information content (AvgIpc) is 3.36. The molecular formula is C65H118O5. The van der Waals surface area contributed by atoms with Crippen molar-refractivity contribution in [3.63, 3.8) is 0 Å². The van der Waals surface area contributed by atoms with Gasteiger partial charge in [0.05, 0.1) is 6.61 Å². The maximum Gasteiger partial charge on any atom is 0.306 e. The topological polar surface area (TPSA) is 72.8 Å². The first-order valence-electron chi connectivity index (χ1n) is 30.8. The van der Waals surface area contributed by atoms with Gasteiger partial charge in [-0.2, -0.15) is 0 Å². The molecule has 408 valence electrons. The number of hydrogen-bond acceptors (Lipinski definition) is 5. The number of rotatable bonds is 57. The third kappa shape index (κ3) is 58.2. The first-order chi connectivity index (χ1) is 34.6. The van der Waals surface area contributed by atoms with Gasteiger partial charge in [-0.05, 0) is 83.5 Å². The molecule has 0 amide bonds. The zero-order valence-electron chi connectivity index (χ0n) is 46.8. The lowest BCUT2D eigenvalue weighted by Crippen LogP contribution is -2.28. The van der Waals surface area contributed by atoms with E-state index in [9.17, 15) is 14.7 Å². The molecule has 1 atom stereocenters. The number of carbonyl (C=O) groups is 2. The van der Waals surface area contributed by atoms with Crippen molar-refractivity contribution in [1.82, 2.24) is 0 Å². The van der Waals surface area contributed by atoms with E-state index in [1.165, 1.54) is 231 Å². The zero-order valence-corrected chi connectivity index (χ0v) is 46.8. The fourth-order valence-corrected chi connectivity index (χ4v) is 9.13. The minimum atomic E-state index is -0.780. The summed E-state index contributed by atoms with van der Waals surface area (Å²) in [5, 5.41) is 9.66. The van der Waals surface area contributed by atoms with E-state index in [1.807, 2.05) is 0 Å². The quantitative estimate of drug-likeness (QED) is 0.0373. The zero-order chi connectivity index (χ0) is 50.6. The molecule has 0 saturated carbocycles. The molecule has 0 aliphatic rings. The summed E-state index contributed by atoms with van der Waals surface area (Å²) in [5.41, 5.74) is 0. The second-order valence-corrected chi connectivity index (χ2v) is 20.8. The normalized spacial score (nSPS) is 12.6. The van der Waals surface area contributed by atoms with E-state index in [0.717, 1.165) is 64.2 Å². The lowest BCUT2D eigenvalue weighted by Gasteiger charge is -2.15. The minimum Gasteiger partial charge on any atom is -0.462 e. The molecule has 0 aromatic heterocycles. The highest BCUT2D eigenvalue weighted by molar-refractivity contribution is 5.70. The van der Waals surface area contributed by atoms with Crippen LogP contribution in [0, 0.1) is 0 Å². The predicted molar refractivity (Wildman–Crippen MR) is 307 cm³/mol. The van der Waals surface area contributed by atoms with Crippen LogP contribution in [0.5, 0.6) is 0 Å². The van der Waals surface area contributed by atoms with Crippen molar-refractivity contribution in [2.24, 2.45) is 0 Å². The molecule has 0 aromatic rings. The van der Waals surface area contributed by atoms with Gasteiger partial charge in [-0.15, -0.1) is 0 Å². The molecule has 70 heavy (non-hydrogen) atoms. The van der Waals surface area contributed by atoms with Crippen molar-refractivity contribution in [1.29, 1.82) is 0 Å². The highest BCUT2D eigenvalue weighted by atomic mass is 16.6. The van der Waals surface area contributed by atoms with E-state index in [2.05, 4.69) is 74.6 Å². The van der Waals surface area contributed by atoms with E-state index in [1.54, 1.807) is 0 Å². The maximum absolute atomic E-state index is 12.3. The molecule has 0 radical (unpaired) electrons. The summed E-state index contributed by atoms with van der Waals surface area (Å²) in [6.45, 7) is 4.14. The maximum atomic E-state index is 12.3. The van der Waals surface area contributed by atoms with Crippen molar-refractivity contribution < 1.29 is 24.2 Å². The Balaban J connectivity index is 3.43. The first kappa shape index (κ1) is 67.6. The Morgan fingerprint density at radius 2 is 0.571 bits per heavy atom. The van der Waals surface area contributed by atoms with Gasteiger partial charge < -0.3 is 14.6 Å². The molecule has 1 N–H and O–H groups in total. The van der Waals surface area contributed by atoms with Crippen molar-refractivity contribution in [2.45, 2.75) is 328 Å². The van der Waals surface area contributed by atoms with E-state index in [0.29, 0.717) is 12.8 Å². The Morgan fingerprint density at radius 1 is 0.329 bits per heavy atom. The fourth-order valence-electron chi connectivity index (χ4n) is 9.13. The largest absolute Gasteiger partial charge is 0.462 e. The summed E-state index contributed by atoms with van der Waals surface area (Å²) >= 11 is 0. The second kappa shape index (κ2) is 60.9. The van der Waals surface area contributed by atoms with Crippen molar-refractivity contribution in [3.05, 3.63) is 60.8 Å². The van der Waals surface area contributed by atoms with Crippen molar-refractivity contribution in [2.75, 3.05) is 13.2 Å². The van der Waals surface area contributed by atoms with E-state index >= 15 is 0 Å². The number of aliphatic hydroxyl groups excluding tert-OH is 1. The van der Waals surface area contributed by atoms with Crippen LogP contribution in [0.25, 0.3) is 0 Å². The van der Waals surface area contributed by atoms with E-state index in [-0.39, 0.29) is 25.2 Å². The average molecular weight is 980 g/mol. The summed E-state index contributed by atoms with van der Waals surface area (Å²) in [6, 6.07) is 0. The van der Waals surface area contributed by atoms with Gasteiger partial charge in [0.15, 0.2) is 6.10 Å². The van der Waals surface area contributed by atoms with E-state index in [4.69, 9.17) is 9.47 Å². The molecule has 0 aliphatic heterocycles. The van der Waals surface area contributed by atoms with Gasteiger partial charge in [0, 0.05) is 12.8 Å². The van der Waals surface area contributed by atoms with Gasteiger partial charge in [0.2, 0.25) is 0 Å². The molecule has 0 rings (SSSR count). The number of unbranched alkanes of at least 4 members (excludes halogenated alkanes) is 39. The number of allylic oxidation sites excluding steroid dienone is 10. The predicted octanol–water partition coefficient (Wildman–Crippen LogP) is 21.0. The number of aliphatic hydroxyl groups is 1. The molecule has 0 saturated heterocycles.